The van der Waals surface area contributed by atoms with Gasteiger partial charge in [-0.1, -0.05) is 36.3 Å². The van der Waals surface area contributed by atoms with E-state index in [-0.39, 0.29) is 0 Å². The molecule has 0 aliphatic carbocycles. The van der Waals surface area contributed by atoms with Crippen molar-refractivity contribution in [2.45, 2.75) is 0 Å². The highest BCUT2D eigenvalue weighted by Crippen LogP contribution is 2.25. The molecule has 0 bridgehead atoms. The Morgan fingerprint density at radius 3 is 2.44 bits per heavy atom. The maximum atomic E-state index is 5.17. The smallest absolute Gasteiger partial charge is 0.118 e. The summed E-state index contributed by atoms with van der Waals surface area (Å²) in [5, 5.41) is 3.03. The molecule has 0 atom stereocenters. The van der Waals surface area contributed by atoms with Gasteiger partial charge in [-0.25, -0.2) is 0 Å². The van der Waals surface area contributed by atoms with Crippen LogP contribution in [0.2, 0.25) is 0 Å². The first-order valence-electron chi connectivity index (χ1n) is 5.37. The Labute approximate surface area is 124 Å². The van der Waals surface area contributed by atoms with E-state index in [1.807, 2.05) is 30.3 Å². The van der Waals surface area contributed by atoms with E-state index >= 15 is 0 Å². The van der Waals surface area contributed by atoms with Crippen LogP contribution in [-0.2, 0) is 0 Å². The molecule has 90 valence electrons. The zero-order valence-corrected chi connectivity index (χ0v) is 12.8. The lowest BCUT2D eigenvalue weighted by Gasteiger charge is -2.06. The number of hydrogen-bond donors (Lipinski definition) is 0. The first-order valence-corrected chi connectivity index (χ1v) is 8.73. The molecule has 0 saturated heterocycles. The van der Waals surface area contributed by atoms with Crippen molar-refractivity contribution in [3.8, 4) is 28.0 Å². The van der Waals surface area contributed by atoms with Crippen LogP contribution in [0.15, 0.2) is 48.5 Å². The molecule has 0 radical (unpaired) electrons. The summed E-state index contributed by atoms with van der Waals surface area (Å²) in [6.07, 6.45) is 0. The van der Waals surface area contributed by atoms with Crippen molar-refractivity contribution < 1.29 is 4.74 Å². The summed E-state index contributed by atoms with van der Waals surface area (Å²) >= 11 is 2.18. The van der Waals surface area contributed by atoms with Crippen molar-refractivity contribution in [3.63, 3.8) is 0 Å². The molecule has 1 nitrogen and oxygen atoms in total. The average Bonchev–Trinajstić information content (AvgIpc) is 2.45. The molecule has 0 unspecified atom stereocenters. The summed E-state index contributed by atoms with van der Waals surface area (Å²) < 4.78 is 5.17. The maximum absolute atomic E-state index is 5.17. The second-order valence-corrected chi connectivity index (χ2v) is 5.26. The van der Waals surface area contributed by atoms with Crippen molar-refractivity contribution in [1.82, 2.24) is 0 Å². The van der Waals surface area contributed by atoms with Crippen LogP contribution in [0.5, 0.6) is 5.75 Å². The SMILES string of the molecule is COc1ccc(-c2ccccc2C#CSI)cc1. The van der Waals surface area contributed by atoms with Crippen LogP contribution in [0.3, 0.4) is 0 Å². The molecule has 0 amide bonds. The fourth-order valence-electron chi connectivity index (χ4n) is 1.69. The number of methoxy groups -OCH3 is 1. The van der Waals surface area contributed by atoms with E-state index in [9.17, 15) is 0 Å². The Kier molecular flexibility index (Phi) is 4.97. The molecule has 2 aromatic rings. The Morgan fingerprint density at radius 1 is 1.06 bits per heavy atom. The van der Waals surface area contributed by atoms with Crippen LogP contribution in [0.25, 0.3) is 11.1 Å². The van der Waals surface area contributed by atoms with Gasteiger partial charge in [0.15, 0.2) is 0 Å². The van der Waals surface area contributed by atoms with E-state index in [4.69, 9.17) is 4.74 Å². The molecule has 0 aliphatic rings. The Bertz CT molecular complexity index is 581. The van der Waals surface area contributed by atoms with Gasteiger partial charge in [-0.2, -0.15) is 0 Å². The Hall–Kier alpha value is -1.12. The van der Waals surface area contributed by atoms with Gasteiger partial charge in [0.05, 0.1) is 7.11 Å². The molecule has 0 spiro atoms. The third-order valence-electron chi connectivity index (χ3n) is 2.55. The molecular formula is C15H11IOS. The molecule has 0 saturated carbocycles. The van der Waals surface area contributed by atoms with Crippen molar-refractivity contribution in [2.75, 3.05) is 7.11 Å². The lowest BCUT2D eigenvalue weighted by molar-refractivity contribution is 0.415. The van der Waals surface area contributed by atoms with E-state index < -0.39 is 0 Å². The van der Waals surface area contributed by atoms with Gasteiger partial charge in [0, 0.05) is 26.8 Å². The highest BCUT2D eigenvalue weighted by atomic mass is 127. The highest BCUT2D eigenvalue weighted by Gasteiger charge is 2.02. The standard InChI is InChI=1S/C15H11IOS/c1-17-14-8-6-13(7-9-14)15-5-3-2-4-12(15)10-11-18-16/h2-9H,1H3. The number of ether oxygens (including phenoxy) is 1. The van der Waals surface area contributed by atoms with Gasteiger partial charge < -0.3 is 4.74 Å². The minimum atomic E-state index is 0.866. The van der Waals surface area contributed by atoms with E-state index in [0.29, 0.717) is 0 Å². The first kappa shape index (κ1) is 13.3. The van der Waals surface area contributed by atoms with E-state index in [1.54, 1.807) is 7.11 Å². The van der Waals surface area contributed by atoms with Crippen LogP contribution in [-0.4, -0.2) is 7.11 Å². The topological polar surface area (TPSA) is 9.23 Å². The summed E-state index contributed by atoms with van der Waals surface area (Å²) in [5.74, 6) is 4.03. The summed E-state index contributed by atoms with van der Waals surface area (Å²) in [5.41, 5.74) is 3.35. The average molecular weight is 366 g/mol. The highest BCUT2D eigenvalue weighted by molar-refractivity contribution is 14.2. The zero-order valence-electron chi connectivity index (χ0n) is 9.81. The van der Waals surface area contributed by atoms with E-state index in [1.165, 1.54) is 8.93 Å². The van der Waals surface area contributed by atoms with Gasteiger partial charge in [-0.15, -0.1) is 0 Å². The van der Waals surface area contributed by atoms with Crippen molar-refractivity contribution in [3.05, 3.63) is 54.1 Å². The van der Waals surface area contributed by atoms with E-state index in [2.05, 4.69) is 50.6 Å². The summed E-state index contributed by atoms with van der Waals surface area (Å²) in [7, 11) is 3.17. The molecule has 2 rings (SSSR count). The predicted molar refractivity (Wildman–Crippen MR) is 86.9 cm³/mol. The molecule has 18 heavy (non-hydrogen) atoms. The molecule has 0 N–H and O–H groups in total. The van der Waals surface area contributed by atoms with Crippen LogP contribution in [0, 0.1) is 11.2 Å². The van der Waals surface area contributed by atoms with Crippen LogP contribution in [0.4, 0.5) is 0 Å². The maximum Gasteiger partial charge on any atom is 0.118 e. The minimum Gasteiger partial charge on any atom is -0.497 e. The fraction of sp³-hybridized carbons (Fsp3) is 0.0667. The third kappa shape index (κ3) is 3.21. The molecule has 3 heteroatoms. The van der Waals surface area contributed by atoms with Crippen LogP contribution < -0.4 is 4.74 Å². The number of halogens is 1. The van der Waals surface area contributed by atoms with Gasteiger partial charge in [-0.05, 0) is 43.5 Å². The second-order valence-electron chi connectivity index (χ2n) is 3.58. The Morgan fingerprint density at radius 2 is 1.78 bits per heavy atom. The lowest BCUT2D eigenvalue weighted by atomic mass is 10.0. The van der Waals surface area contributed by atoms with Crippen LogP contribution >= 0.6 is 30.1 Å². The minimum absolute atomic E-state index is 0.866. The fourth-order valence-corrected chi connectivity index (χ4v) is 2.17. The number of rotatable bonds is 2. The third-order valence-corrected chi connectivity index (χ3v) is 3.39. The lowest BCUT2D eigenvalue weighted by Crippen LogP contribution is -1.85. The summed E-state index contributed by atoms with van der Waals surface area (Å²) in [6.45, 7) is 0. The number of benzene rings is 2. The summed E-state index contributed by atoms with van der Waals surface area (Å²) in [6, 6.07) is 16.2. The molecule has 0 heterocycles. The molecule has 2 aromatic carbocycles. The molecular weight excluding hydrogens is 355 g/mol. The van der Waals surface area contributed by atoms with Gasteiger partial charge in [0.2, 0.25) is 0 Å². The normalized spacial score (nSPS) is 9.44. The largest absolute Gasteiger partial charge is 0.497 e. The van der Waals surface area contributed by atoms with Gasteiger partial charge in [-0.3, -0.25) is 0 Å². The van der Waals surface area contributed by atoms with Crippen molar-refractivity contribution >= 4 is 30.1 Å². The van der Waals surface area contributed by atoms with Gasteiger partial charge in [0.25, 0.3) is 0 Å². The van der Waals surface area contributed by atoms with Crippen molar-refractivity contribution in [1.29, 1.82) is 0 Å². The van der Waals surface area contributed by atoms with Crippen molar-refractivity contribution in [2.24, 2.45) is 0 Å². The summed E-state index contributed by atoms with van der Waals surface area (Å²) in [4.78, 5) is 0. The molecule has 0 aromatic heterocycles. The number of hydrogen-bond acceptors (Lipinski definition) is 2. The Balaban J connectivity index is 2.42. The second kappa shape index (κ2) is 6.72. The van der Waals surface area contributed by atoms with Gasteiger partial charge >= 0.3 is 0 Å². The molecule has 0 fully saturated rings. The van der Waals surface area contributed by atoms with Crippen LogP contribution in [0.1, 0.15) is 5.56 Å². The van der Waals surface area contributed by atoms with E-state index in [0.717, 1.165) is 22.4 Å². The predicted octanol–water partition coefficient (Wildman–Crippen LogP) is 4.75. The quantitative estimate of drug-likeness (QED) is 0.560. The van der Waals surface area contributed by atoms with Gasteiger partial charge in [0.1, 0.15) is 5.75 Å². The first-order chi connectivity index (χ1) is 8.85. The molecule has 0 aliphatic heterocycles. The monoisotopic (exact) mass is 366 g/mol. The zero-order chi connectivity index (χ0) is 12.8.